The Bertz CT molecular complexity index is 871. The number of nitrogens with one attached hydrogen (secondary N) is 2. The van der Waals surface area contributed by atoms with Gasteiger partial charge in [0.1, 0.15) is 0 Å². The number of H-pyrrole nitrogens is 1. The number of carbonyl (C=O) groups excluding carboxylic acids is 2. The van der Waals surface area contributed by atoms with Gasteiger partial charge in [0.2, 0.25) is 5.91 Å². The van der Waals surface area contributed by atoms with E-state index in [0.29, 0.717) is 17.9 Å². The number of alkyl halides is 3. The van der Waals surface area contributed by atoms with Gasteiger partial charge in [-0.15, -0.1) is 0 Å². The molecule has 1 atom stereocenters. The van der Waals surface area contributed by atoms with Crippen molar-refractivity contribution in [2.45, 2.75) is 56.7 Å². The molecule has 1 fully saturated rings. The van der Waals surface area contributed by atoms with Gasteiger partial charge in [-0.05, 0) is 18.4 Å². The van der Waals surface area contributed by atoms with Crippen LogP contribution in [0.25, 0.3) is 10.9 Å². The number of esters is 1. The van der Waals surface area contributed by atoms with Crippen LogP contribution in [0.1, 0.15) is 50.5 Å². The van der Waals surface area contributed by atoms with E-state index in [1.165, 1.54) is 6.07 Å². The van der Waals surface area contributed by atoms with Gasteiger partial charge >= 0.3 is 12.1 Å². The number of methoxy groups -OCH3 is 1. The summed E-state index contributed by atoms with van der Waals surface area (Å²) in [6.07, 6.45) is 1.74. The molecule has 1 heterocycles. The fraction of sp³-hybridized carbons (Fsp3) is 0.524. The number of halogens is 3. The summed E-state index contributed by atoms with van der Waals surface area (Å²) in [5, 5.41) is 2.19. The molecule has 1 aromatic carbocycles. The van der Waals surface area contributed by atoms with Crippen LogP contribution < -0.4 is 5.32 Å². The van der Waals surface area contributed by atoms with E-state index in [9.17, 15) is 22.8 Å². The van der Waals surface area contributed by atoms with Crippen molar-refractivity contribution >= 4 is 22.8 Å². The minimum absolute atomic E-state index is 0.0676. The monoisotopic (exact) mass is 410 g/mol. The molecule has 1 amide bonds. The van der Waals surface area contributed by atoms with Crippen LogP contribution >= 0.6 is 0 Å². The number of aromatic amines is 1. The smallest absolute Gasteiger partial charge is 0.426 e. The van der Waals surface area contributed by atoms with Crippen molar-refractivity contribution in [3.63, 3.8) is 0 Å². The van der Waals surface area contributed by atoms with Crippen LogP contribution in [-0.2, 0) is 19.9 Å². The second kappa shape index (κ2) is 8.47. The average molecular weight is 410 g/mol. The third-order valence-corrected chi connectivity index (χ3v) is 5.74. The summed E-state index contributed by atoms with van der Waals surface area (Å²) in [4.78, 5) is 27.8. The van der Waals surface area contributed by atoms with E-state index in [-0.39, 0.29) is 17.4 Å². The number of rotatable bonds is 6. The lowest BCUT2D eigenvalue weighted by molar-refractivity contribution is -0.216. The molecule has 0 radical (unpaired) electrons. The third-order valence-electron chi connectivity index (χ3n) is 5.74. The molecule has 5 nitrogen and oxygen atoms in total. The van der Waals surface area contributed by atoms with Crippen LogP contribution in [0.15, 0.2) is 30.5 Å². The standard InChI is InChI=1S/C21H25F3N2O3/c1-29-19(28)20(21(22,23)24,16-13-25-17-10-6-5-9-15(16)17)26-18(27)12-11-14-7-3-2-4-8-14/h5-6,9-10,13-14,25H,2-4,7-8,11-12H2,1H3,(H,26,27). The Morgan fingerprint density at radius 2 is 1.86 bits per heavy atom. The molecule has 2 N–H and O–H groups in total. The first-order valence-electron chi connectivity index (χ1n) is 9.82. The molecule has 8 heteroatoms. The van der Waals surface area contributed by atoms with Gasteiger partial charge < -0.3 is 15.0 Å². The van der Waals surface area contributed by atoms with Crippen LogP contribution in [0.2, 0.25) is 0 Å². The summed E-state index contributed by atoms with van der Waals surface area (Å²) < 4.78 is 47.5. The topological polar surface area (TPSA) is 71.2 Å². The maximum atomic E-state index is 14.3. The number of benzene rings is 1. The Morgan fingerprint density at radius 1 is 1.17 bits per heavy atom. The summed E-state index contributed by atoms with van der Waals surface area (Å²) in [7, 11) is 0.881. The van der Waals surface area contributed by atoms with Crippen LogP contribution in [0.3, 0.4) is 0 Å². The van der Waals surface area contributed by atoms with Gasteiger partial charge in [-0.25, -0.2) is 4.79 Å². The Kier molecular flexibility index (Phi) is 6.19. The number of hydrogen-bond acceptors (Lipinski definition) is 3. The molecule has 0 spiro atoms. The molecule has 1 saturated carbocycles. The largest absolute Gasteiger partial charge is 0.467 e. The Hall–Kier alpha value is -2.51. The van der Waals surface area contributed by atoms with Gasteiger partial charge in [-0.1, -0.05) is 50.3 Å². The zero-order chi connectivity index (χ0) is 21.1. The zero-order valence-corrected chi connectivity index (χ0v) is 16.3. The quantitative estimate of drug-likeness (QED) is 0.685. The SMILES string of the molecule is COC(=O)C(NC(=O)CCC1CCCCC1)(c1c[nH]c2ccccc12)C(F)(F)F. The van der Waals surface area contributed by atoms with Crippen molar-refractivity contribution in [3.05, 3.63) is 36.0 Å². The minimum atomic E-state index is -5.09. The summed E-state index contributed by atoms with van der Waals surface area (Å²) in [5.41, 5.74) is -3.22. The van der Waals surface area contributed by atoms with E-state index in [1.807, 2.05) is 5.32 Å². The van der Waals surface area contributed by atoms with Crippen LogP contribution in [0.5, 0.6) is 0 Å². The molecule has 0 bridgehead atoms. The first-order valence-corrected chi connectivity index (χ1v) is 9.82. The minimum Gasteiger partial charge on any atom is -0.467 e. The zero-order valence-electron chi connectivity index (χ0n) is 16.3. The molecule has 1 aliphatic rings. The average Bonchev–Trinajstić information content (AvgIpc) is 3.14. The van der Waals surface area contributed by atoms with E-state index in [1.54, 1.807) is 18.2 Å². The number of ether oxygens (including phenoxy) is 1. The number of para-hydroxylation sites is 1. The molecule has 29 heavy (non-hydrogen) atoms. The molecule has 2 aromatic rings. The predicted octanol–water partition coefficient (Wildman–Crippen LogP) is 4.58. The molecule has 158 valence electrons. The van der Waals surface area contributed by atoms with Gasteiger partial charge in [-0.2, -0.15) is 13.2 Å². The third kappa shape index (κ3) is 4.11. The molecule has 0 saturated heterocycles. The van der Waals surface area contributed by atoms with Crippen molar-refractivity contribution in [3.8, 4) is 0 Å². The lowest BCUT2D eigenvalue weighted by atomic mass is 9.85. The summed E-state index contributed by atoms with van der Waals surface area (Å²) >= 11 is 0. The number of amides is 1. The van der Waals surface area contributed by atoms with Crippen LogP contribution in [-0.4, -0.2) is 30.1 Å². The first kappa shape index (κ1) is 21.2. The first-order chi connectivity index (χ1) is 13.8. The number of fused-ring (bicyclic) bond motifs is 1. The van der Waals surface area contributed by atoms with Gasteiger partial charge in [-0.3, -0.25) is 4.79 Å². The van der Waals surface area contributed by atoms with Gasteiger partial charge in [0.25, 0.3) is 5.54 Å². The number of aromatic nitrogens is 1. The maximum absolute atomic E-state index is 14.3. The summed E-state index contributed by atoms with van der Waals surface area (Å²) in [6.45, 7) is 0. The summed E-state index contributed by atoms with van der Waals surface area (Å²) in [6, 6.07) is 6.31. The van der Waals surface area contributed by atoms with Crippen LogP contribution in [0.4, 0.5) is 13.2 Å². The van der Waals surface area contributed by atoms with E-state index in [2.05, 4.69) is 9.72 Å². The number of carbonyl (C=O) groups is 2. The Morgan fingerprint density at radius 3 is 2.52 bits per heavy atom. The summed E-state index contributed by atoms with van der Waals surface area (Å²) in [5.74, 6) is -2.05. The predicted molar refractivity (Wildman–Crippen MR) is 102 cm³/mol. The fourth-order valence-corrected chi connectivity index (χ4v) is 4.19. The second-order valence-corrected chi connectivity index (χ2v) is 7.58. The Labute approximate surface area is 167 Å². The lowest BCUT2D eigenvalue weighted by Crippen LogP contribution is -2.61. The van der Waals surface area contributed by atoms with Gasteiger partial charge in [0, 0.05) is 29.1 Å². The highest BCUT2D eigenvalue weighted by Gasteiger charge is 2.64. The van der Waals surface area contributed by atoms with E-state index >= 15 is 0 Å². The number of hydrogen-bond donors (Lipinski definition) is 2. The van der Waals surface area contributed by atoms with Crippen molar-refractivity contribution in [1.82, 2.24) is 10.3 Å². The highest BCUT2D eigenvalue weighted by atomic mass is 19.4. The van der Waals surface area contributed by atoms with E-state index in [0.717, 1.165) is 45.4 Å². The molecular formula is C21H25F3N2O3. The van der Waals surface area contributed by atoms with Gasteiger partial charge in [0.15, 0.2) is 0 Å². The highest BCUT2D eigenvalue weighted by Crippen LogP contribution is 2.43. The van der Waals surface area contributed by atoms with Crippen molar-refractivity contribution in [2.24, 2.45) is 5.92 Å². The van der Waals surface area contributed by atoms with Crippen molar-refractivity contribution in [2.75, 3.05) is 7.11 Å². The van der Waals surface area contributed by atoms with E-state index < -0.39 is 23.6 Å². The highest BCUT2D eigenvalue weighted by molar-refractivity contribution is 5.96. The second-order valence-electron chi connectivity index (χ2n) is 7.58. The van der Waals surface area contributed by atoms with E-state index in [4.69, 9.17) is 0 Å². The van der Waals surface area contributed by atoms with Crippen LogP contribution in [0, 0.1) is 5.92 Å². The molecule has 1 aliphatic carbocycles. The molecule has 1 unspecified atom stereocenters. The van der Waals surface area contributed by atoms with Crippen molar-refractivity contribution < 1.29 is 27.5 Å². The molecule has 3 rings (SSSR count). The lowest BCUT2D eigenvalue weighted by Gasteiger charge is -2.34. The van der Waals surface area contributed by atoms with Crippen molar-refractivity contribution in [1.29, 1.82) is 0 Å². The Balaban J connectivity index is 1.94. The molecule has 0 aliphatic heterocycles. The van der Waals surface area contributed by atoms with Gasteiger partial charge in [0.05, 0.1) is 7.11 Å². The normalized spacial score (nSPS) is 17.7. The molecule has 1 aromatic heterocycles. The molecular weight excluding hydrogens is 385 g/mol. The maximum Gasteiger partial charge on any atom is 0.426 e. The fourth-order valence-electron chi connectivity index (χ4n) is 4.19.